The summed E-state index contributed by atoms with van der Waals surface area (Å²) in [6.07, 6.45) is 2.36. The molecule has 35 heavy (non-hydrogen) atoms. The highest BCUT2D eigenvalue weighted by atomic mass is 19.3. The number of nitrogens with one attached hydrogen (secondary N) is 1. The van der Waals surface area contributed by atoms with E-state index in [0.29, 0.717) is 38.3 Å². The number of carbonyl (C=O) groups is 2. The number of aryl methyl sites for hydroxylation is 1. The van der Waals surface area contributed by atoms with Crippen LogP contribution in [0.1, 0.15) is 28.3 Å². The van der Waals surface area contributed by atoms with Gasteiger partial charge in [-0.05, 0) is 12.0 Å². The first-order valence-corrected chi connectivity index (χ1v) is 11.5. The summed E-state index contributed by atoms with van der Waals surface area (Å²) in [6, 6.07) is 10.7. The number of fused-ring (bicyclic) bond motifs is 1. The smallest absolute Gasteiger partial charge is 0.291 e. The first kappa shape index (κ1) is 23.1. The molecule has 1 saturated heterocycles. The second-order valence-electron chi connectivity index (χ2n) is 9.00. The molecule has 12 heteroatoms. The van der Waals surface area contributed by atoms with Crippen molar-refractivity contribution >= 4 is 17.6 Å². The van der Waals surface area contributed by atoms with E-state index in [1.165, 1.54) is 11.2 Å². The third-order valence-corrected chi connectivity index (χ3v) is 6.24. The van der Waals surface area contributed by atoms with Gasteiger partial charge in [-0.15, -0.1) is 5.10 Å². The quantitative estimate of drug-likeness (QED) is 0.541. The average molecular weight is 485 g/mol. The molecule has 2 aliphatic rings. The van der Waals surface area contributed by atoms with Crippen molar-refractivity contribution in [3.8, 4) is 0 Å². The van der Waals surface area contributed by atoms with Crippen molar-refractivity contribution in [3.05, 3.63) is 59.8 Å². The fraction of sp³-hybridized carbons (Fsp3) is 0.435. The van der Waals surface area contributed by atoms with Crippen LogP contribution in [0.25, 0.3) is 0 Å². The molecule has 4 heterocycles. The van der Waals surface area contributed by atoms with Crippen LogP contribution in [0.4, 0.5) is 14.6 Å². The number of likely N-dealkylation sites (tertiary alicyclic amines) is 1. The first-order chi connectivity index (χ1) is 16.8. The third kappa shape index (κ3) is 5.06. The van der Waals surface area contributed by atoms with Crippen LogP contribution in [-0.2, 0) is 24.3 Å². The highest BCUT2D eigenvalue weighted by Gasteiger charge is 2.43. The van der Waals surface area contributed by atoms with E-state index in [2.05, 4.69) is 20.5 Å². The summed E-state index contributed by atoms with van der Waals surface area (Å²) in [5.74, 6) is -2.77. The number of nitrogens with zero attached hydrogens (tertiary/aromatic N) is 7. The van der Waals surface area contributed by atoms with Gasteiger partial charge < -0.3 is 5.32 Å². The molecule has 0 saturated carbocycles. The molecule has 10 nitrogen and oxygen atoms in total. The Morgan fingerprint density at radius 3 is 2.71 bits per heavy atom. The first-order valence-electron chi connectivity index (χ1n) is 11.5. The Bertz CT molecular complexity index is 1220. The maximum Gasteiger partial charge on any atom is 0.291 e. The largest absolute Gasteiger partial charge is 0.337 e. The molecule has 184 valence electrons. The van der Waals surface area contributed by atoms with Crippen molar-refractivity contribution in [1.82, 2.24) is 34.8 Å². The van der Waals surface area contributed by atoms with Gasteiger partial charge >= 0.3 is 0 Å². The molecule has 1 aromatic carbocycles. The van der Waals surface area contributed by atoms with E-state index in [0.717, 1.165) is 11.3 Å². The molecule has 5 rings (SSSR count). The lowest BCUT2D eigenvalue weighted by molar-refractivity contribution is -0.129. The molecular weight excluding hydrogens is 458 g/mol. The number of anilines is 1. The lowest BCUT2D eigenvalue weighted by atomic mass is 10.1. The van der Waals surface area contributed by atoms with Gasteiger partial charge in [-0.25, -0.2) is 23.1 Å². The zero-order chi connectivity index (χ0) is 24.6. The minimum absolute atomic E-state index is 0.00257. The summed E-state index contributed by atoms with van der Waals surface area (Å²) in [7, 11) is 1.63. The molecular formula is C23H26F2N8O2. The Labute approximate surface area is 200 Å². The van der Waals surface area contributed by atoms with Gasteiger partial charge in [-0.1, -0.05) is 30.3 Å². The van der Waals surface area contributed by atoms with Gasteiger partial charge in [0, 0.05) is 32.6 Å². The second kappa shape index (κ2) is 9.17. The number of rotatable bonds is 7. The number of aromatic nitrogens is 5. The summed E-state index contributed by atoms with van der Waals surface area (Å²) in [5, 5.41) is 11.5. The van der Waals surface area contributed by atoms with Crippen LogP contribution in [0.5, 0.6) is 0 Å². The predicted molar refractivity (Wildman–Crippen MR) is 122 cm³/mol. The number of hydrogen-bond donors (Lipinski definition) is 1. The number of likely N-dealkylation sites (N-methyl/N-ethyl adjacent to an activating group) is 1. The summed E-state index contributed by atoms with van der Waals surface area (Å²) in [6.45, 7) is 0.954. The molecule has 0 aliphatic carbocycles. The second-order valence-corrected chi connectivity index (χ2v) is 9.00. The van der Waals surface area contributed by atoms with Gasteiger partial charge in [-0.2, -0.15) is 5.10 Å². The topological polar surface area (TPSA) is 101 Å². The Hall–Kier alpha value is -3.67. The van der Waals surface area contributed by atoms with Crippen LogP contribution in [0, 0.1) is 0 Å². The van der Waals surface area contributed by atoms with E-state index in [4.69, 9.17) is 0 Å². The van der Waals surface area contributed by atoms with Crippen LogP contribution >= 0.6 is 0 Å². The van der Waals surface area contributed by atoms with Gasteiger partial charge in [0.2, 0.25) is 5.82 Å². The number of hydrogen-bond acceptors (Lipinski definition) is 6. The molecule has 2 aliphatic heterocycles. The van der Waals surface area contributed by atoms with Crippen molar-refractivity contribution in [2.24, 2.45) is 0 Å². The number of benzene rings is 1. The average Bonchev–Trinajstić information content (AvgIpc) is 3.43. The van der Waals surface area contributed by atoms with Gasteiger partial charge in [0.25, 0.3) is 17.7 Å². The SMILES string of the molecule is CN1C(=O)C(NC(=O)c2ncn(Cc3ccccc3)n2)CCn2nc(CCN3CC(F)(F)C3)cc21. The lowest BCUT2D eigenvalue weighted by Gasteiger charge is -2.38. The fourth-order valence-corrected chi connectivity index (χ4v) is 4.38. The van der Waals surface area contributed by atoms with E-state index >= 15 is 0 Å². The molecule has 2 amide bonds. The number of alkyl halides is 2. The fourth-order valence-electron chi connectivity index (χ4n) is 4.38. The van der Waals surface area contributed by atoms with Gasteiger partial charge in [0.1, 0.15) is 18.2 Å². The lowest BCUT2D eigenvalue weighted by Crippen LogP contribution is -2.56. The van der Waals surface area contributed by atoms with Crippen molar-refractivity contribution in [1.29, 1.82) is 0 Å². The van der Waals surface area contributed by atoms with E-state index in [1.54, 1.807) is 27.4 Å². The van der Waals surface area contributed by atoms with Crippen molar-refractivity contribution < 1.29 is 18.4 Å². The van der Waals surface area contributed by atoms with Crippen molar-refractivity contribution in [2.45, 2.75) is 37.9 Å². The Kier molecular flexibility index (Phi) is 6.05. The maximum atomic E-state index is 13.1. The summed E-state index contributed by atoms with van der Waals surface area (Å²) >= 11 is 0. The van der Waals surface area contributed by atoms with Crippen LogP contribution in [0.2, 0.25) is 0 Å². The molecule has 0 spiro atoms. The maximum absolute atomic E-state index is 13.1. The molecule has 2 aromatic heterocycles. The number of halogens is 2. The number of carbonyl (C=O) groups excluding carboxylic acids is 2. The Morgan fingerprint density at radius 2 is 1.97 bits per heavy atom. The van der Waals surface area contributed by atoms with Crippen LogP contribution in [0.15, 0.2) is 42.7 Å². The van der Waals surface area contributed by atoms with Crippen molar-refractivity contribution in [2.75, 3.05) is 31.6 Å². The van der Waals surface area contributed by atoms with Gasteiger partial charge in [0.05, 0.1) is 25.3 Å². The zero-order valence-corrected chi connectivity index (χ0v) is 19.3. The molecule has 1 N–H and O–H groups in total. The number of amides is 2. The van der Waals surface area contributed by atoms with Gasteiger partial charge in [-0.3, -0.25) is 19.4 Å². The Morgan fingerprint density at radius 1 is 1.20 bits per heavy atom. The predicted octanol–water partition coefficient (Wildman–Crippen LogP) is 1.18. The minimum atomic E-state index is -2.59. The standard InChI is InChI=1S/C23H26F2N8O2/c1-30-19-11-17(7-9-31-13-23(24,25)14-31)28-33(19)10-8-18(22(30)35)27-21(34)20-26-15-32(29-20)12-16-5-3-2-4-6-16/h2-6,11,15,18H,7-10,12-14H2,1H3,(H,27,34). The highest BCUT2D eigenvalue weighted by molar-refractivity contribution is 6.00. The third-order valence-electron chi connectivity index (χ3n) is 6.24. The van der Waals surface area contributed by atoms with E-state index in [1.807, 2.05) is 30.3 Å². The summed E-state index contributed by atoms with van der Waals surface area (Å²) < 4.78 is 29.3. The molecule has 0 bridgehead atoms. The molecule has 1 fully saturated rings. The van der Waals surface area contributed by atoms with E-state index < -0.39 is 17.9 Å². The monoisotopic (exact) mass is 484 g/mol. The van der Waals surface area contributed by atoms with Crippen molar-refractivity contribution in [3.63, 3.8) is 0 Å². The molecule has 3 aromatic rings. The van der Waals surface area contributed by atoms with Gasteiger partial charge in [0.15, 0.2) is 0 Å². The highest BCUT2D eigenvalue weighted by Crippen LogP contribution is 2.27. The van der Waals surface area contributed by atoms with E-state index in [9.17, 15) is 18.4 Å². The summed E-state index contributed by atoms with van der Waals surface area (Å²) in [5.41, 5.74) is 1.77. The minimum Gasteiger partial charge on any atom is -0.337 e. The van der Waals surface area contributed by atoms with Crippen LogP contribution < -0.4 is 10.2 Å². The van der Waals surface area contributed by atoms with Crippen LogP contribution in [0.3, 0.4) is 0 Å². The van der Waals surface area contributed by atoms with E-state index in [-0.39, 0.29) is 24.8 Å². The Balaban J connectivity index is 1.18. The normalized spacial score (nSPS) is 19.7. The zero-order valence-electron chi connectivity index (χ0n) is 19.3. The molecule has 1 unspecified atom stereocenters. The summed E-state index contributed by atoms with van der Waals surface area (Å²) in [4.78, 5) is 33.0. The van der Waals surface area contributed by atoms with Crippen LogP contribution in [-0.4, -0.2) is 79.9 Å². The molecule has 1 atom stereocenters. The molecule has 0 radical (unpaired) electrons.